The number of halogens is 2. The minimum absolute atomic E-state index is 0.239. The van der Waals surface area contributed by atoms with Crippen LogP contribution in [0.1, 0.15) is 22.6 Å². The molecule has 1 nitrogen and oxygen atoms in total. The van der Waals surface area contributed by atoms with E-state index in [1.165, 1.54) is 23.3 Å². The summed E-state index contributed by atoms with van der Waals surface area (Å²) in [7, 11) is 1.93. The molecule has 1 atom stereocenters. The van der Waals surface area contributed by atoms with Crippen molar-refractivity contribution in [2.24, 2.45) is 0 Å². The molecule has 0 saturated carbocycles. The van der Waals surface area contributed by atoms with Gasteiger partial charge in [-0.3, -0.25) is 0 Å². The molecule has 0 bridgehead atoms. The Morgan fingerprint density at radius 3 is 2.70 bits per heavy atom. The highest BCUT2D eigenvalue weighted by molar-refractivity contribution is 6.31. The maximum Gasteiger partial charge on any atom is 0.123 e. The van der Waals surface area contributed by atoms with Crippen LogP contribution in [-0.2, 0) is 6.42 Å². The van der Waals surface area contributed by atoms with Crippen molar-refractivity contribution in [3.8, 4) is 0 Å². The molecule has 106 valence electrons. The van der Waals surface area contributed by atoms with Crippen LogP contribution < -0.4 is 5.32 Å². The minimum Gasteiger partial charge on any atom is -0.319 e. The van der Waals surface area contributed by atoms with Gasteiger partial charge in [0.2, 0.25) is 0 Å². The first-order chi connectivity index (χ1) is 9.60. The molecule has 0 aromatic heterocycles. The molecule has 0 aliphatic carbocycles. The summed E-state index contributed by atoms with van der Waals surface area (Å²) in [6.45, 7) is 2.91. The lowest BCUT2D eigenvalue weighted by atomic mass is 9.91. The Balaban J connectivity index is 2.27. The van der Waals surface area contributed by atoms with Gasteiger partial charge in [0, 0.05) is 17.5 Å². The van der Waals surface area contributed by atoms with Crippen LogP contribution in [-0.4, -0.2) is 13.6 Å². The third-order valence-electron chi connectivity index (χ3n) is 3.44. The van der Waals surface area contributed by atoms with Gasteiger partial charge >= 0.3 is 0 Å². The van der Waals surface area contributed by atoms with Crippen molar-refractivity contribution >= 4 is 11.6 Å². The first-order valence-electron chi connectivity index (χ1n) is 6.75. The lowest BCUT2D eigenvalue weighted by Crippen LogP contribution is -2.19. The molecule has 2 aromatic carbocycles. The van der Waals surface area contributed by atoms with Gasteiger partial charge in [-0.25, -0.2) is 4.39 Å². The van der Waals surface area contributed by atoms with Crippen molar-refractivity contribution < 1.29 is 4.39 Å². The molecule has 0 amide bonds. The lowest BCUT2D eigenvalue weighted by molar-refractivity contribution is 0.608. The fraction of sp³-hybridized carbons (Fsp3) is 0.294. The molecule has 0 aliphatic rings. The van der Waals surface area contributed by atoms with E-state index >= 15 is 0 Å². The third kappa shape index (κ3) is 3.81. The Bertz CT molecular complexity index is 583. The number of aryl methyl sites for hydroxylation is 1. The third-order valence-corrected chi connectivity index (χ3v) is 3.81. The second-order valence-corrected chi connectivity index (χ2v) is 5.52. The predicted molar refractivity (Wildman–Crippen MR) is 83.0 cm³/mol. The van der Waals surface area contributed by atoms with Gasteiger partial charge < -0.3 is 5.32 Å². The molecule has 1 N–H and O–H groups in total. The fourth-order valence-electron chi connectivity index (χ4n) is 2.44. The molecule has 0 heterocycles. The zero-order valence-electron chi connectivity index (χ0n) is 11.8. The SMILES string of the molecule is CNCC(Cc1cc(F)ccc1Cl)c1cccc(C)c1. The molecule has 0 radical (unpaired) electrons. The predicted octanol–water partition coefficient (Wildman–Crippen LogP) is 4.33. The van der Waals surface area contributed by atoms with Crippen LogP contribution >= 0.6 is 11.6 Å². The molecular formula is C17H19ClFN. The van der Waals surface area contributed by atoms with Crippen molar-refractivity contribution in [3.05, 3.63) is 70.0 Å². The molecule has 2 aromatic rings. The topological polar surface area (TPSA) is 12.0 Å². The second kappa shape index (κ2) is 6.87. The number of hydrogen-bond donors (Lipinski definition) is 1. The average Bonchev–Trinajstić information content (AvgIpc) is 2.42. The van der Waals surface area contributed by atoms with Crippen LogP contribution in [0.4, 0.5) is 4.39 Å². The van der Waals surface area contributed by atoms with Crippen LogP contribution in [0.3, 0.4) is 0 Å². The summed E-state index contributed by atoms with van der Waals surface area (Å²) in [6, 6.07) is 13.0. The van der Waals surface area contributed by atoms with Gasteiger partial charge in [-0.2, -0.15) is 0 Å². The summed E-state index contributed by atoms with van der Waals surface area (Å²) in [4.78, 5) is 0. The zero-order chi connectivity index (χ0) is 14.5. The number of likely N-dealkylation sites (N-methyl/N-ethyl adjacent to an activating group) is 1. The quantitative estimate of drug-likeness (QED) is 0.864. The maximum absolute atomic E-state index is 13.4. The highest BCUT2D eigenvalue weighted by Gasteiger charge is 2.14. The van der Waals surface area contributed by atoms with Crippen molar-refractivity contribution in [1.29, 1.82) is 0 Å². The van der Waals surface area contributed by atoms with Crippen LogP contribution in [0, 0.1) is 12.7 Å². The van der Waals surface area contributed by atoms with Crippen molar-refractivity contribution in [2.75, 3.05) is 13.6 Å². The van der Waals surface area contributed by atoms with E-state index in [1.54, 1.807) is 6.07 Å². The smallest absolute Gasteiger partial charge is 0.123 e. The zero-order valence-corrected chi connectivity index (χ0v) is 12.5. The fourth-order valence-corrected chi connectivity index (χ4v) is 2.64. The second-order valence-electron chi connectivity index (χ2n) is 5.11. The van der Waals surface area contributed by atoms with E-state index < -0.39 is 0 Å². The van der Waals surface area contributed by atoms with Crippen molar-refractivity contribution in [3.63, 3.8) is 0 Å². The van der Waals surface area contributed by atoms with E-state index in [-0.39, 0.29) is 11.7 Å². The van der Waals surface area contributed by atoms with E-state index in [0.29, 0.717) is 5.02 Å². The highest BCUT2D eigenvalue weighted by atomic mass is 35.5. The molecule has 2 rings (SSSR count). The summed E-state index contributed by atoms with van der Waals surface area (Å²) >= 11 is 6.17. The van der Waals surface area contributed by atoms with Gasteiger partial charge in [-0.1, -0.05) is 41.4 Å². The van der Waals surface area contributed by atoms with Crippen molar-refractivity contribution in [2.45, 2.75) is 19.3 Å². The minimum atomic E-state index is -0.239. The lowest BCUT2D eigenvalue weighted by Gasteiger charge is -2.18. The van der Waals surface area contributed by atoms with E-state index in [0.717, 1.165) is 18.5 Å². The van der Waals surface area contributed by atoms with E-state index in [1.807, 2.05) is 7.05 Å². The Kier molecular flexibility index (Phi) is 5.16. The Morgan fingerprint density at radius 1 is 1.20 bits per heavy atom. The van der Waals surface area contributed by atoms with E-state index in [9.17, 15) is 4.39 Å². The molecule has 0 aliphatic heterocycles. The van der Waals surface area contributed by atoms with E-state index in [2.05, 4.69) is 36.5 Å². The van der Waals surface area contributed by atoms with Crippen LogP contribution in [0.2, 0.25) is 5.02 Å². The standard InChI is InChI=1S/C17H19ClFN/c1-12-4-3-5-13(8-12)15(11-20-2)9-14-10-16(19)6-7-17(14)18/h3-8,10,15,20H,9,11H2,1-2H3. The Labute approximate surface area is 124 Å². The van der Waals surface area contributed by atoms with E-state index in [4.69, 9.17) is 11.6 Å². The number of benzene rings is 2. The van der Waals surface area contributed by atoms with Crippen LogP contribution in [0.15, 0.2) is 42.5 Å². The molecule has 20 heavy (non-hydrogen) atoms. The van der Waals surface area contributed by atoms with Crippen LogP contribution in [0.5, 0.6) is 0 Å². The summed E-state index contributed by atoms with van der Waals surface area (Å²) in [5, 5.41) is 3.83. The highest BCUT2D eigenvalue weighted by Crippen LogP contribution is 2.26. The van der Waals surface area contributed by atoms with Gasteiger partial charge in [-0.15, -0.1) is 0 Å². The number of hydrogen-bond acceptors (Lipinski definition) is 1. The molecule has 0 fully saturated rings. The largest absolute Gasteiger partial charge is 0.319 e. The number of rotatable bonds is 5. The molecular weight excluding hydrogens is 273 g/mol. The molecule has 0 spiro atoms. The Hall–Kier alpha value is -1.38. The van der Waals surface area contributed by atoms with Crippen molar-refractivity contribution in [1.82, 2.24) is 5.32 Å². The van der Waals surface area contributed by atoms with Gasteiger partial charge in [0.1, 0.15) is 5.82 Å². The molecule has 0 saturated heterocycles. The number of nitrogens with one attached hydrogen (secondary N) is 1. The molecule has 3 heteroatoms. The van der Waals surface area contributed by atoms with Gasteiger partial charge in [0.15, 0.2) is 0 Å². The van der Waals surface area contributed by atoms with Gasteiger partial charge in [0.05, 0.1) is 0 Å². The van der Waals surface area contributed by atoms with Gasteiger partial charge in [-0.05, 0) is 49.7 Å². The molecule has 1 unspecified atom stereocenters. The normalized spacial score (nSPS) is 12.4. The summed E-state index contributed by atoms with van der Waals surface area (Å²) in [5.74, 6) is 0.0380. The summed E-state index contributed by atoms with van der Waals surface area (Å²) in [6.07, 6.45) is 0.723. The maximum atomic E-state index is 13.4. The average molecular weight is 292 g/mol. The summed E-state index contributed by atoms with van der Waals surface area (Å²) < 4.78 is 13.4. The first-order valence-corrected chi connectivity index (χ1v) is 7.13. The van der Waals surface area contributed by atoms with Gasteiger partial charge in [0.25, 0.3) is 0 Å². The first kappa shape index (κ1) is 15.0. The monoisotopic (exact) mass is 291 g/mol. The summed E-state index contributed by atoms with van der Waals surface area (Å²) in [5.41, 5.74) is 3.34. The van der Waals surface area contributed by atoms with Crippen LogP contribution in [0.25, 0.3) is 0 Å². The Morgan fingerprint density at radius 2 is 2.00 bits per heavy atom.